The van der Waals surface area contributed by atoms with E-state index in [-0.39, 0.29) is 17.6 Å². The standard InChI is InChI=1S/C21H20F2N2/c1-3-14-5-4-6-19-20(14)18(23)12-25(19)11-13(2)16-9-15-7-8-24-21(15)17(22)10-16/h4-10,12-13,24H,3,11H2,1-2H3. The van der Waals surface area contributed by atoms with Gasteiger partial charge in [-0.1, -0.05) is 26.0 Å². The Bertz CT molecular complexity index is 1060. The number of aryl methyl sites for hydroxylation is 1. The van der Waals surface area contributed by atoms with Gasteiger partial charge in [-0.25, -0.2) is 8.78 Å². The molecule has 1 atom stereocenters. The summed E-state index contributed by atoms with van der Waals surface area (Å²) < 4.78 is 30.6. The van der Waals surface area contributed by atoms with E-state index in [1.165, 1.54) is 0 Å². The molecule has 0 aliphatic heterocycles. The van der Waals surface area contributed by atoms with Gasteiger partial charge in [-0.05, 0) is 47.7 Å². The number of aromatic nitrogens is 2. The summed E-state index contributed by atoms with van der Waals surface area (Å²) in [5.41, 5.74) is 3.35. The molecule has 4 rings (SSSR count). The maximum atomic E-state index is 14.5. The second-order valence-electron chi connectivity index (χ2n) is 6.64. The van der Waals surface area contributed by atoms with Crippen molar-refractivity contribution < 1.29 is 8.78 Å². The number of hydrogen-bond donors (Lipinski definition) is 1. The average Bonchev–Trinajstić information content (AvgIpc) is 3.20. The van der Waals surface area contributed by atoms with Crippen LogP contribution in [0.4, 0.5) is 8.78 Å². The Morgan fingerprint density at radius 1 is 1.12 bits per heavy atom. The Kier molecular flexibility index (Phi) is 3.83. The molecule has 1 N–H and O–H groups in total. The van der Waals surface area contributed by atoms with Gasteiger partial charge in [0.25, 0.3) is 0 Å². The van der Waals surface area contributed by atoms with Crippen LogP contribution in [0.3, 0.4) is 0 Å². The minimum absolute atomic E-state index is 0.0640. The molecule has 2 aromatic heterocycles. The summed E-state index contributed by atoms with van der Waals surface area (Å²) in [6, 6.07) is 11.3. The van der Waals surface area contributed by atoms with E-state index in [1.807, 2.05) is 48.7 Å². The van der Waals surface area contributed by atoms with Gasteiger partial charge in [0.15, 0.2) is 0 Å². The van der Waals surface area contributed by atoms with E-state index in [9.17, 15) is 8.78 Å². The van der Waals surface area contributed by atoms with E-state index in [0.29, 0.717) is 17.4 Å². The van der Waals surface area contributed by atoms with Gasteiger partial charge in [-0.2, -0.15) is 0 Å². The van der Waals surface area contributed by atoms with Crippen LogP contribution in [0.25, 0.3) is 21.8 Å². The molecule has 0 radical (unpaired) electrons. The molecule has 0 amide bonds. The van der Waals surface area contributed by atoms with Crippen LogP contribution in [-0.4, -0.2) is 9.55 Å². The molecule has 0 saturated carbocycles. The van der Waals surface area contributed by atoms with Crippen LogP contribution in [0.2, 0.25) is 0 Å². The Balaban J connectivity index is 1.73. The van der Waals surface area contributed by atoms with Crippen molar-refractivity contribution in [3.05, 3.63) is 71.6 Å². The molecule has 0 spiro atoms. The third-order valence-electron chi connectivity index (χ3n) is 5.00. The number of hydrogen-bond acceptors (Lipinski definition) is 0. The third-order valence-corrected chi connectivity index (χ3v) is 5.00. The summed E-state index contributed by atoms with van der Waals surface area (Å²) in [5.74, 6) is -0.373. The fraction of sp³-hybridized carbons (Fsp3) is 0.238. The zero-order valence-corrected chi connectivity index (χ0v) is 14.3. The summed E-state index contributed by atoms with van der Waals surface area (Å²) in [5, 5.41) is 1.56. The third kappa shape index (κ3) is 2.62. The van der Waals surface area contributed by atoms with Crippen LogP contribution < -0.4 is 0 Å². The monoisotopic (exact) mass is 338 g/mol. The molecule has 1 unspecified atom stereocenters. The zero-order valence-electron chi connectivity index (χ0n) is 14.3. The highest BCUT2D eigenvalue weighted by Crippen LogP contribution is 2.29. The number of H-pyrrole nitrogens is 1. The number of fused-ring (bicyclic) bond motifs is 2. The van der Waals surface area contributed by atoms with Gasteiger partial charge in [0.05, 0.1) is 11.0 Å². The fourth-order valence-electron chi connectivity index (χ4n) is 3.65. The molecule has 0 aliphatic rings. The first-order chi connectivity index (χ1) is 12.1. The number of aromatic amines is 1. The van der Waals surface area contributed by atoms with E-state index >= 15 is 0 Å². The second-order valence-corrected chi connectivity index (χ2v) is 6.64. The van der Waals surface area contributed by atoms with E-state index in [1.54, 1.807) is 18.5 Å². The van der Waals surface area contributed by atoms with Gasteiger partial charge in [-0.3, -0.25) is 0 Å². The SMILES string of the molecule is CCc1cccc2c1c(F)cn2CC(C)c1cc(F)c2[nH]ccc2c1. The number of nitrogens with one attached hydrogen (secondary N) is 1. The Morgan fingerprint density at radius 2 is 1.96 bits per heavy atom. The van der Waals surface area contributed by atoms with Crippen LogP contribution >= 0.6 is 0 Å². The normalized spacial score (nSPS) is 13.0. The van der Waals surface area contributed by atoms with Crippen LogP contribution in [0, 0.1) is 11.6 Å². The van der Waals surface area contributed by atoms with E-state index < -0.39 is 0 Å². The molecule has 4 aromatic rings. The van der Waals surface area contributed by atoms with Crippen LogP contribution in [0.5, 0.6) is 0 Å². The molecule has 2 nitrogen and oxygen atoms in total. The zero-order chi connectivity index (χ0) is 17.6. The van der Waals surface area contributed by atoms with Crippen molar-refractivity contribution in [2.45, 2.75) is 32.7 Å². The van der Waals surface area contributed by atoms with Gasteiger partial charge in [-0.15, -0.1) is 0 Å². The maximum absolute atomic E-state index is 14.5. The molecule has 2 heterocycles. The van der Waals surface area contributed by atoms with Gasteiger partial charge >= 0.3 is 0 Å². The molecule has 128 valence electrons. The summed E-state index contributed by atoms with van der Waals surface area (Å²) in [6.07, 6.45) is 4.10. The molecule has 2 aromatic carbocycles. The highest BCUT2D eigenvalue weighted by atomic mass is 19.1. The summed E-state index contributed by atoms with van der Waals surface area (Å²) in [4.78, 5) is 2.91. The quantitative estimate of drug-likeness (QED) is 0.488. The molecular weight excluding hydrogens is 318 g/mol. The van der Waals surface area contributed by atoms with Crippen molar-refractivity contribution in [2.24, 2.45) is 0 Å². The van der Waals surface area contributed by atoms with Gasteiger partial charge in [0.2, 0.25) is 0 Å². The lowest BCUT2D eigenvalue weighted by Gasteiger charge is -2.15. The molecule has 0 aliphatic carbocycles. The average molecular weight is 338 g/mol. The summed E-state index contributed by atoms with van der Waals surface area (Å²) >= 11 is 0. The van der Waals surface area contributed by atoms with Crippen LogP contribution in [0.15, 0.2) is 48.8 Å². The van der Waals surface area contributed by atoms with Crippen LogP contribution in [0.1, 0.15) is 30.9 Å². The first-order valence-electron chi connectivity index (χ1n) is 8.61. The predicted octanol–water partition coefficient (Wildman–Crippen LogP) is 5.77. The van der Waals surface area contributed by atoms with Gasteiger partial charge in [0.1, 0.15) is 11.6 Å². The van der Waals surface area contributed by atoms with Crippen molar-refractivity contribution in [1.82, 2.24) is 9.55 Å². The molecule has 0 fully saturated rings. The predicted molar refractivity (Wildman–Crippen MR) is 97.9 cm³/mol. The van der Waals surface area contributed by atoms with E-state index in [2.05, 4.69) is 4.98 Å². The largest absolute Gasteiger partial charge is 0.359 e. The van der Waals surface area contributed by atoms with Crippen molar-refractivity contribution in [1.29, 1.82) is 0 Å². The smallest absolute Gasteiger partial charge is 0.148 e. The lowest BCUT2D eigenvalue weighted by atomic mass is 9.99. The first-order valence-corrected chi connectivity index (χ1v) is 8.61. The van der Waals surface area contributed by atoms with Crippen molar-refractivity contribution in [2.75, 3.05) is 0 Å². The number of halogens is 2. The van der Waals surface area contributed by atoms with Crippen molar-refractivity contribution >= 4 is 21.8 Å². The number of rotatable bonds is 4. The van der Waals surface area contributed by atoms with Crippen LogP contribution in [-0.2, 0) is 13.0 Å². The highest BCUT2D eigenvalue weighted by molar-refractivity contribution is 5.84. The van der Waals surface area contributed by atoms with E-state index in [0.717, 1.165) is 28.5 Å². The fourth-order valence-corrected chi connectivity index (χ4v) is 3.65. The Labute approximate surface area is 145 Å². The lowest BCUT2D eigenvalue weighted by Crippen LogP contribution is -2.06. The number of nitrogens with zero attached hydrogens (tertiary/aromatic N) is 1. The summed E-state index contributed by atoms with van der Waals surface area (Å²) in [6.45, 7) is 4.67. The number of benzene rings is 2. The Hall–Kier alpha value is -2.62. The highest BCUT2D eigenvalue weighted by Gasteiger charge is 2.15. The topological polar surface area (TPSA) is 20.7 Å². The van der Waals surface area contributed by atoms with Crippen molar-refractivity contribution in [3.8, 4) is 0 Å². The van der Waals surface area contributed by atoms with Crippen molar-refractivity contribution in [3.63, 3.8) is 0 Å². The first kappa shape index (κ1) is 15.9. The lowest BCUT2D eigenvalue weighted by molar-refractivity contribution is 0.582. The molecule has 0 saturated heterocycles. The van der Waals surface area contributed by atoms with Gasteiger partial charge in [0, 0.05) is 29.7 Å². The second kappa shape index (κ2) is 6.03. The minimum atomic E-state index is -0.249. The summed E-state index contributed by atoms with van der Waals surface area (Å²) in [7, 11) is 0. The molecule has 25 heavy (non-hydrogen) atoms. The van der Waals surface area contributed by atoms with E-state index in [4.69, 9.17) is 0 Å². The molecular formula is C21H20F2N2. The maximum Gasteiger partial charge on any atom is 0.148 e. The molecule has 4 heteroatoms. The van der Waals surface area contributed by atoms with Gasteiger partial charge < -0.3 is 9.55 Å². The Morgan fingerprint density at radius 3 is 2.76 bits per heavy atom. The molecule has 0 bridgehead atoms. The minimum Gasteiger partial charge on any atom is -0.359 e.